The highest BCUT2D eigenvalue weighted by Crippen LogP contribution is 2.33. The molecule has 16 heavy (non-hydrogen) atoms. The van der Waals surface area contributed by atoms with E-state index < -0.39 is 0 Å². The zero-order valence-electron chi connectivity index (χ0n) is 9.82. The lowest BCUT2D eigenvalue weighted by molar-refractivity contribution is 1.14. The zero-order chi connectivity index (χ0) is 11.2. The van der Waals surface area contributed by atoms with Gasteiger partial charge in [0.2, 0.25) is 0 Å². The first kappa shape index (κ1) is 10.9. The van der Waals surface area contributed by atoms with Crippen LogP contribution in [0.2, 0.25) is 0 Å². The first-order chi connectivity index (χ1) is 7.90. The lowest BCUT2D eigenvalue weighted by Crippen LogP contribution is -1.72. The second kappa shape index (κ2) is 5.50. The molecule has 0 bridgehead atoms. The van der Waals surface area contributed by atoms with Gasteiger partial charge in [-0.15, -0.1) is 0 Å². The van der Waals surface area contributed by atoms with Crippen molar-refractivity contribution in [3.8, 4) is 0 Å². The molecule has 0 heterocycles. The van der Waals surface area contributed by atoms with Crippen molar-refractivity contribution in [2.75, 3.05) is 0 Å². The Morgan fingerprint density at radius 3 is 2.50 bits per heavy atom. The molecule has 1 saturated carbocycles. The number of benzene rings is 1. The molecule has 0 aromatic heterocycles. The highest BCUT2D eigenvalue weighted by Gasteiger charge is 2.13. The Morgan fingerprint density at radius 1 is 1.12 bits per heavy atom. The van der Waals surface area contributed by atoms with Crippen LogP contribution >= 0.6 is 0 Å². The number of hydrogen-bond donors (Lipinski definition) is 0. The van der Waals surface area contributed by atoms with Crippen molar-refractivity contribution in [1.29, 1.82) is 0 Å². The molecule has 0 atom stereocenters. The lowest BCUT2D eigenvalue weighted by Gasteiger charge is -1.93. The molecule has 0 saturated heterocycles. The van der Waals surface area contributed by atoms with Gasteiger partial charge in [0.25, 0.3) is 0 Å². The van der Waals surface area contributed by atoms with Crippen molar-refractivity contribution in [3.63, 3.8) is 0 Å². The Bertz CT molecular complexity index is 413. The van der Waals surface area contributed by atoms with E-state index >= 15 is 0 Å². The minimum absolute atomic E-state index is 1.16. The summed E-state index contributed by atoms with van der Waals surface area (Å²) in [5.74, 6) is 0. The SMILES string of the molecule is CCC(C=CC=Cc1ccccc1)=C1CC1. The fourth-order valence-electron chi connectivity index (χ4n) is 1.77. The quantitative estimate of drug-likeness (QED) is 0.629. The maximum Gasteiger partial charge on any atom is -0.0257 e. The molecule has 2 rings (SSSR count). The third-order valence-electron chi connectivity index (χ3n) is 2.83. The molecule has 0 heteroatoms. The van der Waals surface area contributed by atoms with Gasteiger partial charge in [0.05, 0.1) is 0 Å². The van der Waals surface area contributed by atoms with Gasteiger partial charge in [-0.05, 0) is 30.4 Å². The summed E-state index contributed by atoms with van der Waals surface area (Å²) in [6.45, 7) is 2.23. The average Bonchev–Trinajstić information content (AvgIpc) is 3.15. The predicted octanol–water partition coefficient (Wildman–Crippen LogP) is 4.76. The topological polar surface area (TPSA) is 0 Å². The highest BCUT2D eigenvalue weighted by atomic mass is 14.2. The van der Waals surface area contributed by atoms with Gasteiger partial charge in [-0.1, -0.05) is 67.1 Å². The Morgan fingerprint density at radius 2 is 1.88 bits per heavy atom. The van der Waals surface area contributed by atoms with E-state index in [0.29, 0.717) is 0 Å². The number of rotatable bonds is 4. The van der Waals surface area contributed by atoms with Crippen LogP contribution in [0.3, 0.4) is 0 Å². The molecular formula is C16H18. The van der Waals surface area contributed by atoms with Crippen LogP contribution in [0.25, 0.3) is 6.08 Å². The van der Waals surface area contributed by atoms with Crippen molar-refractivity contribution < 1.29 is 0 Å². The summed E-state index contributed by atoms with van der Waals surface area (Å²) in [5.41, 5.74) is 4.42. The molecule has 0 aliphatic heterocycles. The fourth-order valence-corrected chi connectivity index (χ4v) is 1.77. The zero-order valence-corrected chi connectivity index (χ0v) is 9.82. The van der Waals surface area contributed by atoms with Crippen molar-refractivity contribution in [2.24, 2.45) is 0 Å². The molecule has 0 nitrogen and oxygen atoms in total. The predicted molar refractivity (Wildman–Crippen MR) is 71.2 cm³/mol. The summed E-state index contributed by atoms with van der Waals surface area (Å²) in [4.78, 5) is 0. The smallest absolute Gasteiger partial charge is 0.0257 e. The molecule has 1 aliphatic rings. The van der Waals surface area contributed by atoms with Gasteiger partial charge in [0.1, 0.15) is 0 Å². The van der Waals surface area contributed by atoms with Gasteiger partial charge < -0.3 is 0 Å². The molecular weight excluding hydrogens is 192 g/mol. The maximum atomic E-state index is 2.25. The van der Waals surface area contributed by atoms with Crippen LogP contribution in [0.1, 0.15) is 31.7 Å². The summed E-state index contributed by atoms with van der Waals surface area (Å²) in [6.07, 6.45) is 12.4. The van der Waals surface area contributed by atoms with E-state index in [1.54, 1.807) is 5.57 Å². The minimum atomic E-state index is 1.16. The van der Waals surface area contributed by atoms with Crippen LogP contribution in [0.15, 0.2) is 59.7 Å². The minimum Gasteiger partial charge on any atom is -0.0664 e. The Labute approximate surface area is 98.0 Å². The summed E-state index contributed by atoms with van der Waals surface area (Å²) in [7, 11) is 0. The van der Waals surface area contributed by atoms with Crippen molar-refractivity contribution in [1.82, 2.24) is 0 Å². The standard InChI is InChI=1S/C16H18/c1-2-15(16-12-13-16)11-7-6-10-14-8-4-3-5-9-14/h3-11H,2,12-13H2,1H3. The average molecular weight is 210 g/mol. The molecule has 1 aliphatic carbocycles. The summed E-state index contributed by atoms with van der Waals surface area (Å²) in [6, 6.07) is 10.4. The van der Waals surface area contributed by atoms with E-state index in [9.17, 15) is 0 Å². The summed E-state index contributed by atoms with van der Waals surface area (Å²) in [5, 5.41) is 0. The van der Waals surface area contributed by atoms with Gasteiger partial charge >= 0.3 is 0 Å². The van der Waals surface area contributed by atoms with Crippen LogP contribution in [0, 0.1) is 0 Å². The van der Waals surface area contributed by atoms with E-state index in [0.717, 1.165) is 6.42 Å². The summed E-state index contributed by atoms with van der Waals surface area (Å²) >= 11 is 0. The maximum absolute atomic E-state index is 2.25. The molecule has 0 unspecified atom stereocenters. The van der Waals surface area contributed by atoms with E-state index in [1.165, 1.54) is 24.0 Å². The van der Waals surface area contributed by atoms with E-state index in [4.69, 9.17) is 0 Å². The third-order valence-corrected chi connectivity index (χ3v) is 2.83. The first-order valence-electron chi connectivity index (χ1n) is 6.01. The number of allylic oxidation sites excluding steroid dienone is 5. The van der Waals surface area contributed by atoms with Crippen molar-refractivity contribution >= 4 is 6.08 Å². The Hall–Kier alpha value is -1.56. The third kappa shape index (κ3) is 3.23. The van der Waals surface area contributed by atoms with Crippen LogP contribution in [-0.2, 0) is 0 Å². The number of hydrogen-bond acceptors (Lipinski definition) is 0. The second-order valence-electron chi connectivity index (χ2n) is 4.11. The molecule has 0 N–H and O–H groups in total. The van der Waals surface area contributed by atoms with Gasteiger partial charge in [-0.2, -0.15) is 0 Å². The monoisotopic (exact) mass is 210 g/mol. The molecule has 1 aromatic carbocycles. The van der Waals surface area contributed by atoms with Crippen molar-refractivity contribution in [3.05, 3.63) is 65.3 Å². The van der Waals surface area contributed by atoms with Crippen LogP contribution in [0.5, 0.6) is 0 Å². The molecule has 0 spiro atoms. The van der Waals surface area contributed by atoms with Gasteiger partial charge in [-0.25, -0.2) is 0 Å². The van der Waals surface area contributed by atoms with Crippen molar-refractivity contribution in [2.45, 2.75) is 26.2 Å². The van der Waals surface area contributed by atoms with Crippen LogP contribution < -0.4 is 0 Å². The first-order valence-corrected chi connectivity index (χ1v) is 6.01. The van der Waals surface area contributed by atoms with E-state index in [2.05, 4.69) is 55.5 Å². The van der Waals surface area contributed by atoms with Gasteiger partial charge in [-0.3, -0.25) is 0 Å². The summed E-state index contributed by atoms with van der Waals surface area (Å²) < 4.78 is 0. The fraction of sp³-hybridized carbons (Fsp3) is 0.250. The van der Waals surface area contributed by atoms with Crippen LogP contribution in [0.4, 0.5) is 0 Å². The van der Waals surface area contributed by atoms with Gasteiger partial charge in [0.15, 0.2) is 0 Å². The Kier molecular flexibility index (Phi) is 3.76. The normalized spacial score (nSPS) is 14.9. The largest absolute Gasteiger partial charge is 0.0664 e. The van der Waals surface area contributed by atoms with Crippen LogP contribution in [-0.4, -0.2) is 0 Å². The second-order valence-corrected chi connectivity index (χ2v) is 4.11. The van der Waals surface area contributed by atoms with E-state index in [-0.39, 0.29) is 0 Å². The van der Waals surface area contributed by atoms with Gasteiger partial charge in [0, 0.05) is 0 Å². The van der Waals surface area contributed by atoms with E-state index in [1.807, 2.05) is 6.07 Å². The molecule has 0 amide bonds. The molecule has 1 aromatic rings. The Balaban J connectivity index is 1.94. The lowest BCUT2D eigenvalue weighted by atomic mass is 10.1. The molecule has 1 fully saturated rings. The molecule has 82 valence electrons. The molecule has 0 radical (unpaired) electrons. The highest BCUT2D eigenvalue weighted by molar-refractivity contribution is 5.51.